The van der Waals surface area contributed by atoms with Gasteiger partial charge >= 0.3 is 0 Å². The first-order valence-electron chi connectivity index (χ1n) is 8.35. The van der Waals surface area contributed by atoms with Crippen molar-refractivity contribution in [3.63, 3.8) is 0 Å². The standard InChI is InChI=1S/C22H20N2O2/c1-26-20-11-9-19(10-12-20)16-24-22(25)21-15-18(13-14-23-21)8-7-17-5-3-2-4-6-17/h2-15H,16H2,1H3,(H,24,25). The summed E-state index contributed by atoms with van der Waals surface area (Å²) in [6.07, 6.45) is 5.62. The second-order valence-corrected chi connectivity index (χ2v) is 5.75. The van der Waals surface area contributed by atoms with Crippen molar-refractivity contribution in [2.75, 3.05) is 7.11 Å². The first-order chi connectivity index (χ1) is 12.7. The summed E-state index contributed by atoms with van der Waals surface area (Å²) in [6, 6.07) is 21.3. The molecule has 0 radical (unpaired) electrons. The summed E-state index contributed by atoms with van der Waals surface area (Å²) in [4.78, 5) is 16.5. The van der Waals surface area contributed by atoms with Crippen molar-refractivity contribution in [2.24, 2.45) is 0 Å². The van der Waals surface area contributed by atoms with Crippen LogP contribution in [-0.4, -0.2) is 18.0 Å². The fourth-order valence-corrected chi connectivity index (χ4v) is 2.45. The molecule has 0 unspecified atom stereocenters. The normalized spacial score (nSPS) is 10.7. The van der Waals surface area contributed by atoms with Crippen molar-refractivity contribution in [3.8, 4) is 5.75 Å². The second-order valence-electron chi connectivity index (χ2n) is 5.75. The monoisotopic (exact) mass is 344 g/mol. The van der Waals surface area contributed by atoms with Crippen molar-refractivity contribution >= 4 is 18.1 Å². The Kier molecular flexibility index (Phi) is 5.78. The molecule has 4 heteroatoms. The highest BCUT2D eigenvalue weighted by atomic mass is 16.5. The summed E-state index contributed by atoms with van der Waals surface area (Å²) < 4.78 is 5.13. The van der Waals surface area contributed by atoms with Gasteiger partial charge in [0.15, 0.2) is 0 Å². The summed E-state index contributed by atoms with van der Waals surface area (Å²) in [5.41, 5.74) is 3.43. The van der Waals surface area contributed by atoms with Gasteiger partial charge in [0.25, 0.3) is 5.91 Å². The van der Waals surface area contributed by atoms with Gasteiger partial charge in [-0.05, 0) is 41.0 Å². The molecular weight excluding hydrogens is 324 g/mol. The molecular formula is C22H20N2O2. The average molecular weight is 344 g/mol. The Balaban J connectivity index is 1.63. The lowest BCUT2D eigenvalue weighted by molar-refractivity contribution is 0.0946. The van der Waals surface area contributed by atoms with Gasteiger partial charge in [-0.3, -0.25) is 9.78 Å². The Morgan fingerprint density at radius 2 is 1.73 bits per heavy atom. The molecule has 0 aliphatic carbocycles. The van der Waals surface area contributed by atoms with E-state index in [2.05, 4.69) is 10.3 Å². The van der Waals surface area contributed by atoms with Crippen LogP contribution in [0.25, 0.3) is 12.2 Å². The van der Waals surface area contributed by atoms with E-state index in [0.29, 0.717) is 12.2 Å². The molecule has 3 aromatic rings. The molecule has 0 fully saturated rings. The third-order valence-electron chi connectivity index (χ3n) is 3.90. The van der Waals surface area contributed by atoms with Crippen molar-refractivity contribution in [1.82, 2.24) is 10.3 Å². The van der Waals surface area contributed by atoms with Gasteiger partial charge in [-0.25, -0.2) is 0 Å². The number of amides is 1. The fourth-order valence-electron chi connectivity index (χ4n) is 2.45. The number of hydrogen-bond acceptors (Lipinski definition) is 3. The van der Waals surface area contributed by atoms with E-state index in [1.54, 1.807) is 19.4 Å². The van der Waals surface area contributed by atoms with E-state index in [4.69, 9.17) is 4.74 Å². The average Bonchev–Trinajstić information content (AvgIpc) is 2.72. The highest BCUT2D eigenvalue weighted by Gasteiger charge is 2.07. The van der Waals surface area contributed by atoms with Crippen LogP contribution in [0.15, 0.2) is 72.9 Å². The molecule has 0 spiro atoms. The number of carbonyl (C=O) groups is 1. The zero-order valence-electron chi connectivity index (χ0n) is 14.6. The predicted octanol–water partition coefficient (Wildman–Crippen LogP) is 4.19. The van der Waals surface area contributed by atoms with E-state index < -0.39 is 0 Å². The van der Waals surface area contributed by atoms with Crippen LogP contribution in [0.1, 0.15) is 27.2 Å². The molecule has 0 atom stereocenters. The number of nitrogens with one attached hydrogen (secondary N) is 1. The molecule has 1 amide bonds. The minimum Gasteiger partial charge on any atom is -0.497 e. The Morgan fingerprint density at radius 3 is 2.46 bits per heavy atom. The van der Waals surface area contributed by atoms with Gasteiger partial charge in [0.05, 0.1) is 7.11 Å². The Morgan fingerprint density at radius 1 is 1.00 bits per heavy atom. The van der Waals surface area contributed by atoms with Crippen molar-refractivity contribution < 1.29 is 9.53 Å². The van der Waals surface area contributed by atoms with Gasteiger partial charge in [-0.1, -0.05) is 54.6 Å². The number of pyridine rings is 1. The number of benzene rings is 2. The van der Waals surface area contributed by atoms with Crippen molar-refractivity contribution in [1.29, 1.82) is 0 Å². The van der Waals surface area contributed by atoms with Gasteiger partial charge in [0.1, 0.15) is 11.4 Å². The summed E-state index contributed by atoms with van der Waals surface area (Å²) >= 11 is 0. The first-order valence-corrected chi connectivity index (χ1v) is 8.35. The molecule has 1 heterocycles. The summed E-state index contributed by atoms with van der Waals surface area (Å²) in [7, 11) is 1.63. The molecule has 1 N–H and O–H groups in total. The van der Waals surface area contributed by atoms with Crippen LogP contribution < -0.4 is 10.1 Å². The highest BCUT2D eigenvalue weighted by molar-refractivity contribution is 5.93. The molecule has 0 bridgehead atoms. The van der Waals surface area contributed by atoms with E-state index >= 15 is 0 Å². The van der Waals surface area contributed by atoms with Crippen LogP contribution in [0.2, 0.25) is 0 Å². The maximum atomic E-state index is 12.3. The van der Waals surface area contributed by atoms with E-state index in [1.807, 2.05) is 72.8 Å². The number of methoxy groups -OCH3 is 1. The molecule has 4 nitrogen and oxygen atoms in total. The highest BCUT2D eigenvalue weighted by Crippen LogP contribution is 2.12. The predicted molar refractivity (Wildman–Crippen MR) is 104 cm³/mol. The minimum atomic E-state index is -0.198. The topological polar surface area (TPSA) is 51.2 Å². The van der Waals surface area contributed by atoms with Crippen LogP contribution in [0.5, 0.6) is 5.75 Å². The van der Waals surface area contributed by atoms with Gasteiger partial charge < -0.3 is 10.1 Å². The first kappa shape index (κ1) is 17.4. The molecule has 2 aromatic carbocycles. The zero-order chi connectivity index (χ0) is 18.2. The summed E-state index contributed by atoms with van der Waals surface area (Å²) in [5.74, 6) is 0.593. The number of hydrogen-bond donors (Lipinski definition) is 1. The van der Waals surface area contributed by atoms with Gasteiger partial charge in [-0.15, -0.1) is 0 Å². The minimum absolute atomic E-state index is 0.198. The van der Waals surface area contributed by atoms with Crippen LogP contribution in [0, 0.1) is 0 Å². The zero-order valence-corrected chi connectivity index (χ0v) is 14.6. The number of ether oxygens (including phenoxy) is 1. The lowest BCUT2D eigenvalue weighted by Gasteiger charge is -2.06. The molecule has 3 rings (SSSR count). The van der Waals surface area contributed by atoms with Gasteiger partial charge in [0.2, 0.25) is 0 Å². The second kappa shape index (κ2) is 8.62. The van der Waals surface area contributed by atoms with Crippen LogP contribution in [0.4, 0.5) is 0 Å². The van der Waals surface area contributed by atoms with Crippen molar-refractivity contribution in [3.05, 3.63) is 95.3 Å². The van der Waals surface area contributed by atoms with E-state index in [9.17, 15) is 4.79 Å². The van der Waals surface area contributed by atoms with Gasteiger partial charge in [-0.2, -0.15) is 0 Å². The molecule has 1 aromatic heterocycles. The molecule has 130 valence electrons. The molecule has 0 aliphatic heterocycles. The van der Waals surface area contributed by atoms with E-state index in [0.717, 1.165) is 22.4 Å². The molecule has 0 saturated heterocycles. The van der Waals surface area contributed by atoms with Crippen LogP contribution in [0.3, 0.4) is 0 Å². The molecule has 0 aliphatic rings. The van der Waals surface area contributed by atoms with E-state index in [1.165, 1.54) is 0 Å². The largest absolute Gasteiger partial charge is 0.497 e. The fraction of sp³-hybridized carbons (Fsp3) is 0.0909. The lowest BCUT2D eigenvalue weighted by atomic mass is 10.1. The van der Waals surface area contributed by atoms with E-state index in [-0.39, 0.29) is 5.91 Å². The molecule has 26 heavy (non-hydrogen) atoms. The Labute approximate surface area is 153 Å². The Hall–Kier alpha value is -3.40. The van der Waals surface area contributed by atoms with Crippen molar-refractivity contribution in [2.45, 2.75) is 6.54 Å². The summed E-state index contributed by atoms with van der Waals surface area (Å²) in [5, 5.41) is 2.89. The molecule has 0 saturated carbocycles. The SMILES string of the molecule is COc1ccc(CNC(=O)c2cc(C=Cc3ccccc3)ccn2)cc1. The maximum absolute atomic E-state index is 12.3. The summed E-state index contributed by atoms with van der Waals surface area (Å²) in [6.45, 7) is 0.439. The van der Waals surface area contributed by atoms with Crippen LogP contribution in [-0.2, 0) is 6.54 Å². The maximum Gasteiger partial charge on any atom is 0.270 e. The smallest absolute Gasteiger partial charge is 0.270 e. The third kappa shape index (κ3) is 4.80. The van der Waals surface area contributed by atoms with Gasteiger partial charge in [0, 0.05) is 12.7 Å². The lowest BCUT2D eigenvalue weighted by Crippen LogP contribution is -2.23. The quantitative estimate of drug-likeness (QED) is 0.729. The number of aromatic nitrogens is 1. The van der Waals surface area contributed by atoms with Crippen LogP contribution >= 0.6 is 0 Å². The number of nitrogens with zero attached hydrogens (tertiary/aromatic N) is 1. The third-order valence-corrected chi connectivity index (χ3v) is 3.90. The number of carbonyl (C=O) groups excluding carboxylic acids is 1. The Bertz CT molecular complexity index is 888. The number of rotatable bonds is 6.